The third-order valence-electron chi connectivity index (χ3n) is 20.7. The molecule has 0 unspecified atom stereocenters. The number of nitrogens with two attached hydrogens (primary N) is 4. The molecule has 32 N–H and O–H groups in total. The number of carbonyl (C=O) groups excluding carboxylic acids is 18. The molecule has 3 aromatic heterocycles. The number of phenols is 1. The summed E-state index contributed by atoms with van der Waals surface area (Å²) in [4.78, 5) is 274. The van der Waals surface area contributed by atoms with Crippen LogP contribution in [-0.2, 0) is 123 Å². The Hall–Kier alpha value is -15.2. The number of aromatic amines is 3. The lowest BCUT2D eigenvalue weighted by atomic mass is 10.0. The zero-order valence-electron chi connectivity index (χ0n) is 73.1. The summed E-state index contributed by atoms with van der Waals surface area (Å²) in [5, 5.41) is 88.6. The second kappa shape index (κ2) is 53.3. The van der Waals surface area contributed by atoms with Gasteiger partial charge in [0.1, 0.15) is 84.3 Å². The van der Waals surface area contributed by atoms with Crippen molar-refractivity contribution in [1.29, 1.82) is 5.41 Å². The van der Waals surface area contributed by atoms with E-state index in [1.54, 1.807) is 85.1 Å². The number of fused-ring (bicyclic) bond motifs is 2. The molecule has 50 heteroatoms. The van der Waals surface area contributed by atoms with Gasteiger partial charge in [0, 0.05) is 116 Å². The van der Waals surface area contributed by atoms with Gasteiger partial charge in [0.05, 0.1) is 38.5 Å². The zero-order chi connectivity index (χ0) is 99.1. The number of amides is 18. The minimum Gasteiger partial charge on any atom is -0.508 e. The minimum absolute atomic E-state index is 0.0568. The number of aliphatic carboxylic acids is 1. The van der Waals surface area contributed by atoms with Gasteiger partial charge in [-0.25, -0.2) is 4.98 Å². The van der Waals surface area contributed by atoms with Crippen molar-refractivity contribution >= 4 is 165 Å². The molecule has 726 valence electrons. The fourth-order valence-corrected chi connectivity index (χ4v) is 14.3. The maximum absolute atomic E-state index is 15.4. The largest absolute Gasteiger partial charge is 0.508 e. The van der Waals surface area contributed by atoms with Gasteiger partial charge in [-0.1, -0.05) is 78.9 Å². The Balaban J connectivity index is 1.14. The lowest BCUT2D eigenvalue weighted by Crippen LogP contribution is -2.62. The lowest BCUT2D eigenvalue weighted by Gasteiger charge is -2.29. The number of nitrogens with zero attached hydrogens (tertiary/aromatic N) is 1. The minimum atomic E-state index is -2.02. The summed E-state index contributed by atoms with van der Waals surface area (Å²) in [6.45, 7) is -0.614. The van der Waals surface area contributed by atoms with Gasteiger partial charge in [-0.15, -0.1) is 0 Å². The fourth-order valence-electron chi connectivity index (χ4n) is 13.7. The third-order valence-corrected chi connectivity index (χ3v) is 21.4. The number of nitrogens with one attached hydrogen (secondary N) is 20. The summed E-state index contributed by atoms with van der Waals surface area (Å²) in [6, 6.07) is 4.94. The molecule has 0 radical (unpaired) electrons. The second-order valence-electron chi connectivity index (χ2n) is 31.2. The number of H-pyrrole nitrogens is 3. The first-order chi connectivity index (χ1) is 64.2. The number of thiol groups is 2. The summed E-state index contributed by atoms with van der Waals surface area (Å²) < 4.78 is 0. The highest BCUT2D eigenvalue weighted by molar-refractivity contribution is 7.80. The molecule has 0 saturated heterocycles. The SMILES string of the molecule is CC(=O)N[C@@H](CC(=O)O)C(=O)NCC(=O)N[C@@H](CO)C(=O)N[C@@H](CS)C(=O)N[C@@H](CCCNC(=N)N)C(=O)N[C@H](C(=O)N[C@@H](Cc1c[nH]c2ccccc12)C(=O)N[C@@H](CCC(N)=O)C(=O)N[C@@H](CS)C(=O)N[C@@H](Cc1ccc(O)cc1)C(=O)N[C@@H](Cc1c[nH]c2ccccc12)C(=O)N[C@@H](Cc1cnc[nH]1)C(=O)N[C@@H](CCC(N)=O)C(=O)N[C@@H](Cc1ccccc1)C(=O)NCC(N)=O)[C@@H](C)O. The van der Waals surface area contributed by atoms with Crippen molar-refractivity contribution in [3.63, 3.8) is 0 Å². The number of carboxylic acids is 1. The molecule has 14 atom stereocenters. The molecule has 7 aromatic rings. The van der Waals surface area contributed by atoms with E-state index in [2.05, 4.69) is 130 Å². The van der Waals surface area contributed by atoms with Gasteiger partial charge in [-0.2, -0.15) is 25.3 Å². The van der Waals surface area contributed by atoms with Crippen LogP contribution in [0.3, 0.4) is 0 Å². The van der Waals surface area contributed by atoms with Crippen LogP contribution in [0.1, 0.15) is 86.7 Å². The first-order valence-electron chi connectivity index (χ1n) is 42.2. The van der Waals surface area contributed by atoms with Crippen LogP contribution in [0.2, 0.25) is 0 Å². The number of phenolic OH excluding ortho intramolecular Hbond substituents is 1. The number of hydrogen-bond acceptors (Lipinski definition) is 26. The number of guanidine groups is 1. The molecular formula is C85H111N25O23S2. The second-order valence-corrected chi connectivity index (χ2v) is 32.0. The van der Waals surface area contributed by atoms with Gasteiger partial charge >= 0.3 is 5.97 Å². The number of para-hydroxylation sites is 2. The van der Waals surface area contributed by atoms with Crippen LogP contribution in [0.4, 0.5) is 0 Å². The van der Waals surface area contributed by atoms with Gasteiger partial charge < -0.3 is 143 Å². The first-order valence-corrected chi connectivity index (χ1v) is 43.5. The summed E-state index contributed by atoms with van der Waals surface area (Å²) in [5.74, 6) is -22.3. The quantitative estimate of drug-likeness (QED) is 0.00729. The van der Waals surface area contributed by atoms with Crippen LogP contribution in [-0.4, -0.2) is 281 Å². The molecular weight excluding hydrogens is 1800 g/mol. The lowest BCUT2D eigenvalue weighted by molar-refractivity contribution is -0.140. The Labute approximate surface area is 781 Å². The highest BCUT2D eigenvalue weighted by atomic mass is 32.1. The van der Waals surface area contributed by atoms with Crippen molar-refractivity contribution in [3.8, 4) is 5.75 Å². The van der Waals surface area contributed by atoms with E-state index in [1.807, 2.05) is 0 Å². The van der Waals surface area contributed by atoms with E-state index in [4.69, 9.17) is 28.3 Å². The molecule has 0 aliphatic carbocycles. The van der Waals surface area contributed by atoms with Gasteiger partial charge in [0.15, 0.2) is 5.96 Å². The monoisotopic (exact) mass is 1910 g/mol. The Morgan fingerprint density at radius 3 is 1.27 bits per heavy atom. The Morgan fingerprint density at radius 2 is 0.822 bits per heavy atom. The number of hydrogen-bond donors (Lipinski definition) is 30. The van der Waals surface area contributed by atoms with Crippen LogP contribution < -0.4 is 108 Å². The molecule has 0 spiro atoms. The van der Waals surface area contributed by atoms with E-state index in [0.29, 0.717) is 44.1 Å². The molecule has 0 bridgehead atoms. The van der Waals surface area contributed by atoms with Gasteiger partial charge in [-0.05, 0) is 79.1 Å². The average Bonchev–Trinajstić information content (AvgIpc) is 1.76. The molecule has 18 amide bonds. The molecule has 7 rings (SSSR count). The molecule has 3 heterocycles. The van der Waals surface area contributed by atoms with Crippen LogP contribution in [0.25, 0.3) is 21.8 Å². The number of aliphatic hydroxyl groups excluding tert-OH is 2. The van der Waals surface area contributed by atoms with Crippen LogP contribution in [0.15, 0.2) is 128 Å². The molecule has 0 saturated carbocycles. The number of rotatable bonds is 56. The molecule has 0 fully saturated rings. The summed E-state index contributed by atoms with van der Waals surface area (Å²) in [6.07, 6.45) is -1.30. The maximum Gasteiger partial charge on any atom is 0.305 e. The molecule has 48 nitrogen and oxygen atoms in total. The number of aromatic hydroxyl groups is 1. The average molecular weight is 1920 g/mol. The van der Waals surface area contributed by atoms with E-state index >= 15 is 14.4 Å². The number of aromatic nitrogens is 4. The molecule has 0 aliphatic rings. The summed E-state index contributed by atoms with van der Waals surface area (Å²) >= 11 is 8.55. The standard InChI is InChI=1S/C85H111N25O23S2/c1-42(112)71(110-76(125)54(17-10-26-92-85(89)90)100-82(131)64(39-134)109-81(130)63(38-111)99-69(118)37-96-73(122)62(32-70(119)120)98-43(2)113)84(133)107-60(30-47-34-94-53-16-9-7-14-51(47)53)78(127)101-56(23-25-67(87)116)75(124)108-65(40-135)83(132)104-58(28-45-18-20-49(114)21-19-45)77(126)105-59(29-46-33-93-52-15-8-6-13-50(46)52)79(128)106-61(31-48-35-91-41-97-48)80(129)102-55(22-24-66(86)115)74(123)103-57(72(121)95-36-68(88)117)27-44-11-4-3-5-12-44/h3-9,11-16,18-21,33-35,41-42,54-65,71,93-94,111-112,114,134-135H,10,17,22-32,36-40H2,1-2H3,(H2,86,115)(H2,87,116)(H2,88,117)(H,91,97)(H,95,121)(H,96,122)(H,98,113)(H,99,118)(H,100,131)(H,101,127)(H,102,129)(H,103,123)(H,104,132)(H,105,126)(H,106,128)(H,107,133)(H,108,124)(H,109,130)(H,110,125)(H,119,120)(H4,89,90,92)/t42-,54+,55+,56+,57+,58+,59+,60+,61+,62+,63+,64+,65+,71+/m1/s1. The van der Waals surface area contributed by atoms with E-state index in [9.17, 15) is 97.1 Å². The Kier molecular flexibility index (Phi) is 42.2. The summed E-state index contributed by atoms with van der Waals surface area (Å²) in [5.41, 5.74) is 25.0. The van der Waals surface area contributed by atoms with Gasteiger partial charge in [0.2, 0.25) is 106 Å². The van der Waals surface area contributed by atoms with Gasteiger partial charge in [-0.3, -0.25) is 96.5 Å². The van der Waals surface area contributed by atoms with Crippen LogP contribution in [0.5, 0.6) is 5.75 Å². The number of carbonyl (C=O) groups is 19. The Bertz CT molecular complexity index is 5360. The predicted octanol–water partition coefficient (Wildman–Crippen LogP) is -7.87. The highest BCUT2D eigenvalue weighted by Crippen LogP contribution is 2.23. The number of primary amides is 3. The molecule has 4 aromatic carbocycles. The van der Waals surface area contributed by atoms with E-state index in [0.717, 1.165) is 13.8 Å². The van der Waals surface area contributed by atoms with Crippen molar-refractivity contribution in [2.24, 2.45) is 22.9 Å². The fraction of sp³-hybridized carbons (Fsp3) is 0.400. The van der Waals surface area contributed by atoms with Crippen molar-refractivity contribution in [3.05, 3.63) is 156 Å². The topological polar surface area (TPSA) is 786 Å². The van der Waals surface area contributed by atoms with Crippen molar-refractivity contribution in [1.82, 2.24) is 105 Å². The first kappa shape index (κ1) is 107. The third kappa shape index (κ3) is 35.1. The smallest absolute Gasteiger partial charge is 0.305 e. The van der Waals surface area contributed by atoms with Gasteiger partial charge in [0.25, 0.3) is 0 Å². The summed E-state index contributed by atoms with van der Waals surface area (Å²) in [7, 11) is 0. The van der Waals surface area contributed by atoms with E-state index in [-0.39, 0.29) is 50.1 Å². The van der Waals surface area contributed by atoms with Crippen molar-refractivity contribution < 1.29 is 112 Å². The molecule has 135 heavy (non-hydrogen) atoms. The van der Waals surface area contributed by atoms with E-state index in [1.165, 1.54) is 43.0 Å². The number of imidazole rings is 1. The normalized spacial score (nSPS) is 14.1. The van der Waals surface area contributed by atoms with E-state index < -0.39 is 279 Å². The number of carboxylic acid groups (broad SMARTS) is 1. The molecule has 0 aliphatic heterocycles. The number of aliphatic hydroxyl groups is 2. The maximum atomic E-state index is 15.4. The van der Waals surface area contributed by atoms with Crippen molar-refractivity contribution in [2.75, 3.05) is 37.7 Å². The number of benzene rings is 4. The highest BCUT2D eigenvalue weighted by Gasteiger charge is 2.40. The van der Waals surface area contributed by atoms with Crippen LogP contribution in [0, 0.1) is 5.41 Å². The Morgan fingerprint density at radius 1 is 0.422 bits per heavy atom. The predicted molar refractivity (Wildman–Crippen MR) is 489 cm³/mol. The zero-order valence-corrected chi connectivity index (χ0v) is 74.9. The van der Waals surface area contributed by atoms with Crippen LogP contribution >= 0.6 is 25.3 Å². The van der Waals surface area contributed by atoms with Crippen molar-refractivity contribution in [2.45, 2.75) is 176 Å².